The number of nitro benzene ring substituents is 1. The Bertz CT molecular complexity index is 550. The summed E-state index contributed by atoms with van der Waals surface area (Å²) in [5, 5.41) is 20.1. The average Bonchev–Trinajstić information content (AvgIpc) is 2.77. The lowest BCUT2D eigenvalue weighted by Crippen LogP contribution is -2.07. The summed E-state index contributed by atoms with van der Waals surface area (Å²) in [6.07, 6.45) is 1.81. The Kier molecular flexibility index (Phi) is 3.91. The first-order valence-corrected chi connectivity index (χ1v) is 5.65. The van der Waals surface area contributed by atoms with Crippen molar-refractivity contribution in [2.75, 3.05) is 19.8 Å². The first kappa shape index (κ1) is 12.5. The average molecular weight is 250 g/mol. The van der Waals surface area contributed by atoms with Crippen molar-refractivity contribution >= 4 is 16.6 Å². The van der Waals surface area contributed by atoms with Crippen LogP contribution in [0.5, 0.6) is 0 Å². The van der Waals surface area contributed by atoms with Crippen LogP contribution in [0.1, 0.15) is 0 Å². The molecule has 2 rings (SSSR count). The van der Waals surface area contributed by atoms with E-state index in [9.17, 15) is 10.1 Å². The topological polar surface area (TPSA) is 77.5 Å². The minimum absolute atomic E-state index is 0.00209. The first-order chi connectivity index (χ1) is 8.74. The van der Waals surface area contributed by atoms with E-state index >= 15 is 0 Å². The standard InChI is InChI=1S/C12H14N2O4/c15-7-9-18-8-6-13-5-4-10-11(13)2-1-3-12(10)14(16)17/h1-5,15H,6-9H2. The van der Waals surface area contributed by atoms with Crippen molar-refractivity contribution in [2.24, 2.45) is 0 Å². The fourth-order valence-corrected chi connectivity index (χ4v) is 1.89. The normalized spacial score (nSPS) is 10.9. The van der Waals surface area contributed by atoms with Gasteiger partial charge in [0.2, 0.25) is 0 Å². The molecule has 2 aromatic rings. The smallest absolute Gasteiger partial charge is 0.278 e. The van der Waals surface area contributed by atoms with Crippen molar-refractivity contribution in [1.82, 2.24) is 4.57 Å². The molecule has 0 unspecified atom stereocenters. The second-order valence-electron chi connectivity index (χ2n) is 3.81. The molecule has 1 heterocycles. The summed E-state index contributed by atoms with van der Waals surface area (Å²) < 4.78 is 7.08. The molecule has 0 fully saturated rings. The maximum atomic E-state index is 10.9. The highest BCUT2D eigenvalue weighted by molar-refractivity contribution is 5.89. The van der Waals surface area contributed by atoms with Crippen molar-refractivity contribution < 1.29 is 14.8 Å². The van der Waals surface area contributed by atoms with Crippen molar-refractivity contribution in [3.8, 4) is 0 Å². The number of aliphatic hydroxyl groups excluding tert-OH is 1. The highest BCUT2D eigenvalue weighted by Gasteiger charge is 2.13. The minimum atomic E-state index is -0.380. The predicted molar refractivity (Wildman–Crippen MR) is 66.5 cm³/mol. The van der Waals surface area contributed by atoms with Crippen LogP contribution in [0.4, 0.5) is 5.69 Å². The molecule has 0 aliphatic heterocycles. The van der Waals surface area contributed by atoms with Gasteiger partial charge in [0.15, 0.2) is 0 Å². The van der Waals surface area contributed by atoms with E-state index in [0.717, 1.165) is 5.52 Å². The van der Waals surface area contributed by atoms with Gasteiger partial charge in [-0.25, -0.2) is 0 Å². The van der Waals surface area contributed by atoms with E-state index in [-0.39, 0.29) is 17.2 Å². The van der Waals surface area contributed by atoms with Crippen LogP contribution in [0.2, 0.25) is 0 Å². The maximum Gasteiger partial charge on any atom is 0.278 e. The molecule has 0 radical (unpaired) electrons. The monoisotopic (exact) mass is 250 g/mol. The summed E-state index contributed by atoms with van der Waals surface area (Å²) in [6, 6.07) is 6.74. The number of aromatic nitrogens is 1. The Morgan fingerprint density at radius 3 is 2.89 bits per heavy atom. The van der Waals surface area contributed by atoms with Gasteiger partial charge in [0.1, 0.15) is 0 Å². The van der Waals surface area contributed by atoms with Gasteiger partial charge in [0.05, 0.1) is 35.6 Å². The van der Waals surface area contributed by atoms with Crippen molar-refractivity contribution in [2.45, 2.75) is 6.54 Å². The summed E-state index contributed by atoms with van der Waals surface area (Å²) in [4.78, 5) is 10.5. The molecular formula is C12H14N2O4. The molecule has 96 valence electrons. The Balaban J connectivity index is 2.20. The van der Waals surface area contributed by atoms with E-state index in [1.54, 1.807) is 18.3 Å². The van der Waals surface area contributed by atoms with Gasteiger partial charge in [-0.05, 0) is 12.1 Å². The Labute approximate surface area is 104 Å². The lowest BCUT2D eigenvalue weighted by atomic mass is 10.2. The molecule has 6 heteroatoms. The summed E-state index contributed by atoms with van der Waals surface area (Å²) in [7, 11) is 0. The zero-order chi connectivity index (χ0) is 13.0. The quantitative estimate of drug-likeness (QED) is 0.479. The van der Waals surface area contributed by atoms with Gasteiger partial charge in [0, 0.05) is 18.8 Å². The largest absolute Gasteiger partial charge is 0.394 e. The van der Waals surface area contributed by atoms with Crippen LogP contribution < -0.4 is 0 Å². The molecule has 0 aliphatic rings. The third-order valence-corrected chi connectivity index (χ3v) is 2.70. The van der Waals surface area contributed by atoms with Crippen LogP contribution in [-0.2, 0) is 11.3 Å². The molecule has 1 aromatic heterocycles. The van der Waals surface area contributed by atoms with E-state index in [1.807, 2.05) is 10.6 Å². The van der Waals surface area contributed by atoms with Crippen molar-refractivity contribution in [3.63, 3.8) is 0 Å². The van der Waals surface area contributed by atoms with E-state index in [0.29, 0.717) is 25.1 Å². The molecule has 1 N–H and O–H groups in total. The molecule has 18 heavy (non-hydrogen) atoms. The second-order valence-corrected chi connectivity index (χ2v) is 3.81. The minimum Gasteiger partial charge on any atom is -0.394 e. The van der Waals surface area contributed by atoms with Crippen LogP contribution in [0.15, 0.2) is 30.5 Å². The van der Waals surface area contributed by atoms with E-state index in [4.69, 9.17) is 9.84 Å². The number of rotatable bonds is 6. The van der Waals surface area contributed by atoms with Gasteiger partial charge in [-0.15, -0.1) is 0 Å². The molecule has 0 aliphatic carbocycles. The summed E-state index contributed by atoms with van der Waals surface area (Å²) in [5.41, 5.74) is 0.930. The molecular weight excluding hydrogens is 236 g/mol. The molecule has 0 spiro atoms. The van der Waals surface area contributed by atoms with Gasteiger partial charge in [-0.1, -0.05) is 6.07 Å². The van der Waals surface area contributed by atoms with Crippen molar-refractivity contribution in [3.05, 3.63) is 40.6 Å². The zero-order valence-corrected chi connectivity index (χ0v) is 9.78. The fraction of sp³-hybridized carbons (Fsp3) is 0.333. The number of benzene rings is 1. The molecule has 0 atom stereocenters. The van der Waals surface area contributed by atoms with Gasteiger partial charge >= 0.3 is 0 Å². The number of nitro groups is 1. The number of hydrogen-bond donors (Lipinski definition) is 1. The van der Waals surface area contributed by atoms with Crippen LogP contribution in [0.25, 0.3) is 10.9 Å². The molecule has 0 amide bonds. The van der Waals surface area contributed by atoms with Crippen LogP contribution in [0, 0.1) is 10.1 Å². The molecule has 0 bridgehead atoms. The van der Waals surface area contributed by atoms with Crippen LogP contribution in [0.3, 0.4) is 0 Å². The number of aliphatic hydroxyl groups is 1. The van der Waals surface area contributed by atoms with Crippen molar-refractivity contribution in [1.29, 1.82) is 0 Å². The van der Waals surface area contributed by atoms with Gasteiger partial charge in [0.25, 0.3) is 5.69 Å². The summed E-state index contributed by atoms with van der Waals surface area (Å²) >= 11 is 0. The second kappa shape index (κ2) is 5.61. The Morgan fingerprint density at radius 1 is 1.33 bits per heavy atom. The third-order valence-electron chi connectivity index (χ3n) is 2.70. The third kappa shape index (κ3) is 2.49. The fourth-order valence-electron chi connectivity index (χ4n) is 1.89. The first-order valence-electron chi connectivity index (χ1n) is 5.65. The number of nitrogens with zero attached hydrogens (tertiary/aromatic N) is 2. The lowest BCUT2D eigenvalue weighted by molar-refractivity contribution is -0.383. The van der Waals surface area contributed by atoms with Gasteiger partial charge < -0.3 is 14.4 Å². The molecule has 0 saturated heterocycles. The number of non-ortho nitro benzene ring substituents is 1. The number of ether oxygens (including phenoxy) is 1. The zero-order valence-electron chi connectivity index (χ0n) is 9.78. The maximum absolute atomic E-state index is 10.9. The predicted octanol–water partition coefficient (Wildman–Crippen LogP) is 1.56. The summed E-state index contributed by atoms with van der Waals surface area (Å²) in [6.45, 7) is 1.37. The number of fused-ring (bicyclic) bond motifs is 1. The highest BCUT2D eigenvalue weighted by Crippen LogP contribution is 2.26. The van der Waals surface area contributed by atoms with E-state index < -0.39 is 0 Å². The van der Waals surface area contributed by atoms with Gasteiger partial charge in [-0.3, -0.25) is 10.1 Å². The number of hydrogen-bond acceptors (Lipinski definition) is 4. The van der Waals surface area contributed by atoms with Gasteiger partial charge in [-0.2, -0.15) is 0 Å². The summed E-state index contributed by atoms with van der Waals surface area (Å²) in [5.74, 6) is 0. The van der Waals surface area contributed by atoms with E-state index in [1.165, 1.54) is 6.07 Å². The molecule has 0 saturated carbocycles. The molecule has 6 nitrogen and oxygen atoms in total. The highest BCUT2D eigenvalue weighted by atomic mass is 16.6. The lowest BCUT2D eigenvalue weighted by Gasteiger charge is -2.05. The van der Waals surface area contributed by atoms with Crippen LogP contribution in [-0.4, -0.2) is 34.4 Å². The Morgan fingerprint density at radius 2 is 2.17 bits per heavy atom. The molecule has 1 aromatic carbocycles. The van der Waals surface area contributed by atoms with E-state index in [2.05, 4.69) is 0 Å². The SMILES string of the molecule is O=[N+]([O-])c1cccc2c1ccn2CCOCCO. The van der Waals surface area contributed by atoms with Crippen LogP contribution >= 0.6 is 0 Å². The Hall–Kier alpha value is -1.92.